The van der Waals surface area contributed by atoms with Crippen molar-refractivity contribution in [1.29, 1.82) is 0 Å². The molecule has 0 aromatic rings. The number of piperidine rings is 1. The third-order valence-corrected chi connectivity index (χ3v) is 2.63. The SMILES string of the molecule is C1CC(COC2COC2)CCN1. The molecule has 3 heteroatoms. The first-order valence-corrected chi connectivity index (χ1v) is 4.85. The third kappa shape index (κ3) is 2.19. The number of hydrogen-bond donors (Lipinski definition) is 1. The van der Waals surface area contributed by atoms with Gasteiger partial charge in [0, 0.05) is 0 Å². The van der Waals surface area contributed by atoms with Gasteiger partial charge in [0.05, 0.1) is 19.8 Å². The fourth-order valence-corrected chi connectivity index (χ4v) is 1.63. The van der Waals surface area contributed by atoms with E-state index in [2.05, 4.69) is 5.32 Å². The standard InChI is InChI=1S/C9H17NO2/c1-3-10-4-2-8(1)5-12-9-6-11-7-9/h8-10H,1-7H2. The Morgan fingerprint density at radius 3 is 2.58 bits per heavy atom. The van der Waals surface area contributed by atoms with Gasteiger partial charge in [-0.2, -0.15) is 0 Å². The predicted octanol–water partition coefficient (Wildman–Crippen LogP) is 0.401. The molecular weight excluding hydrogens is 154 g/mol. The highest BCUT2D eigenvalue weighted by molar-refractivity contribution is 4.70. The molecule has 0 unspecified atom stereocenters. The summed E-state index contributed by atoms with van der Waals surface area (Å²) in [5.74, 6) is 0.784. The lowest BCUT2D eigenvalue weighted by Crippen LogP contribution is -2.38. The van der Waals surface area contributed by atoms with Crippen LogP contribution in [0.3, 0.4) is 0 Å². The van der Waals surface area contributed by atoms with Crippen LogP contribution in [0.4, 0.5) is 0 Å². The summed E-state index contributed by atoms with van der Waals surface area (Å²) in [5, 5.41) is 3.35. The van der Waals surface area contributed by atoms with Gasteiger partial charge in [-0.05, 0) is 31.8 Å². The minimum atomic E-state index is 0.403. The lowest BCUT2D eigenvalue weighted by molar-refractivity contribution is -0.137. The summed E-state index contributed by atoms with van der Waals surface area (Å²) in [6.45, 7) is 4.88. The zero-order chi connectivity index (χ0) is 8.23. The van der Waals surface area contributed by atoms with E-state index >= 15 is 0 Å². The van der Waals surface area contributed by atoms with E-state index in [9.17, 15) is 0 Å². The molecule has 0 radical (unpaired) electrons. The zero-order valence-corrected chi connectivity index (χ0v) is 7.42. The first-order chi connectivity index (χ1) is 5.95. The maximum atomic E-state index is 5.66. The van der Waals surface area contributed by atoms with E-state index in [1.54, 1.807) is 0 Å². The van der Waals surface area contributed by atoms with Crippen molar-refractivity contribution in [3.63, 3.8) is 0 Å². The van der Waals surface area contributed by atoms with Crippen molar-refractivity contribution >= 4 is 0 Å². The first kappa shape index (κ1) is 8.48. The average molecular weight is 171 g/mol. The van der Waals surface area contributed by atoms with E-state index < -0.39 is 0 Å². The van der Waals surface area contributed by atoms with Gasteiger partial charge in [0.1, 0.15) is 6.10 Å². The fourth-order valence-electron chi connectivity index (χ4n) is 1.63. The molecule has 2 aliphatic rings. The summed E-state index contributed by atoms with van der Waals surface area (Å²) in [6.07, 6.45) is 2.95. The van der Waals surface area contributed by atoms with Gasteiger partial charge in [-0.25, -0.2) is 0 Å². The first-order valence-electron chi connectivity index (χ1n) is 4.85. The van der Waals surface area contributed by atoms with E-state index in [1.807, 2.05) is 0 Å². The van der Waals surface area contributed by atoms with Crippen LogP contribution in [0.25, 0.3) is 0 Å². The van der Waals surface area contributed by atoms with Gasteiger partial charge in [0.15, 0.2) is 0 Å². The summed E-state index contributed by atoms with van der Waals surface area (Å²) in [7, 11) is 0. The minimum Gasteiger partial charge on any atom is -0.376 e. The Balaban J connectivity index is 1.58. The van der Waals surface area contributed by atoms with Crippen molar-refractivity contribution in [3.8, 4) is 0 Å². The van der Waals surface area contributed by atoms with Gasteiger partial charge >= 0.3 is 0 Å². The van der Waals surface area contributed by atoms with E-state index in [4.69, 9.17) is 9.47 Å². The molecule has 12 heavy (non-hydrogen) atoms. The average Bonchev–Trinajstić information content (AvgIpc) is 2.04. The van der Waals surface area contributed by atoms with E-state index in [0.717, 1.165) is 38.8 Å². The van der Waals surface area contributed by atoms with Crippen molar-refractivity contribution in [3.05, 3.63) is 0 Å². The van der Waals surface area contributed by atoms with Gasteiger partial charge in [0.2, 0.25) is 0 Å². The summed E-state index contributed by atoms with van der Waals surface area (Å²) in [6, 6.07) is 0. The predicted molar refractivity (Wildman–Crippen MR) is 46.2 cm³/mol. The van der Waals surface area contributed by atoms with Gasteiger partial charge < -0.3 is 14.8 Å². The largest absolute Gasteiger partial charge is 0.376 e. The molecule has 0 bridgehead atoms. The van der Waals surface area contributed by atoms with Crippen molar-refractivity contribution < 1.29 is 9.47 Å². The summed E-state index contributed by atoms with van der Waals surface area (Å²) >= 11 is 0. The molecule has 0 spiro atoms. The lowest BCUT2D eigenvalue weighted by Gasteiger charge is -2.29. The molecule has 0 aliphatic carbocycles. The topological polar surface area (TPSA) is 30.5 Å². The van der Waals surface area contributed by atoms with Crippen LogP contribution in [0.15, 0.2) is 0 Å². The van der Waals surface area contributed by atoms with Gasteiger partial charge in [-0.15, -0.1) is 0 Å². The Bertz CT molecular complexity index is 130. The fraction of sp³-hybridized carbons (Fsp3) is 1.00. The normalized spacial score (nSPS) is 27.0. The van der Waals surface area contributed by atoms with Crippen molar-refractivity contribution in [2.75, 3.05) is 32.9 Å². The number of hydrogen-bond acceptors (Lipinski definition) is 3. The molecule has 0 atom stereocenters. The number of rotatable bonds is 3. The Morgan fingerprint density at radius 1 is 1.25 bits per heavy atom. The highest BCUT2D eigenvalue weighted by Gasteiger charge is 2.21. The number of ether oxygens (including phenoxy) is 2. The van der Waals surface area contributed by atoms with Crippen LogP contribution >= 0.6 is 0 Å². The molecule has 2 fully saturated rings. The third-order valence-electron chi connectivity index (χ3n) is 2.63. The van der Waals surface area contributed by atoms with Gasteiger partial charge in [0.25, 0.3) is 0 Å². The van der Waals surface area contributed by atoms with Gasteiger partial charge in [-0.1, -0.05) is 0 Å². The maximum Gasteiger partial charge on any atom is 0.104 e. The van der Waals surface area contributed by atoms with Crippen LogP contribution in [-0.4, -0.2) is 39.0 Å². The second-order valence-electron chi connectivity index (χ2n) is 3.69. The Kier molecular flexibility index (Phi) is 2.98. The van der Waals surface area contributed by atoms with Crippen molar-refractivity contribution in [2.45, 2.75) is 18.9 Å². The lowest BCUT2D eigenvalue weighted by atomic mass is 9.99. The molecule has 0 saturated carbocycles. The van der Waals surface area contributed by atoms with Crippen LogP contribution in [0.2, 0.25) is 0 Å². The van der Waals surface area contributed by atoms with Crippen LogP contribution in [0.5, 0.6) is 0 Å². The Hall–Kier alpha value is -0.120. The summed E-state index contributed by atoms with van der Waals surface area (Å²) < 4.78 is 10.7. The smallest absolute Gasteiger partial charge is 0.104 e. The molecule has 0 aromatic heterocycles. The van der Waals surface area contributed by atoms with Gasteiger partial charge in [-0.3, -0.25) is 0 Å². The minimum absolute atomic E-state index is 0.403. The maximum absolute atomic E-state index is 5.66. The van der Waals surface area contributed by atoms with Crippen LogP contribution in [-0.2, 0) is 9.47 Å². The molecule has 3 nitrogen and oxygen atoms in total. The second-order valence-corrected chi connectivity index (χ2v) is 3.69. The second kappa shape index (κ2) is 4.21. The van der Waals surface area contributed by atoms with Crippen molar-refractivity contribution in [1.82, 2.24) is 5.32 Å². The molecule has 2 heterocycles. The number of nitrogens with one attached hydrogen (secondary N) is 1. The quantitative estimate of drug-likeness (QED) is 0.667. The molecule has 0 aromatic carbocycles. The van der Waals surface area contributed by atoms with Crippen LogP contribution < -0.4 is 5.32 Å². The summed E-state index contributed by atoms with van der Waals surface area (Å²) in [4.78, 5) is 0. The van der Waals surface area contributed by atoms with E-state index in [1.165, 1.54) is 12.8 Å². The molecule has 2 rings (SSSR count). The molecule has 2 aliphatic heterocycles. The van der Waals surface area contributed by atoms with E-state index in [-0.39, 0.29) is 0 Å². The highest BCUT2D eigenvalue weighted by atomic mass is 16.6. The molecule has 70 valence electrons. The summed E-state index contributed by atoms with van der Waals surface area (Å²) in [5.41, 5.74) is 0. The van der Waals surface area contributed by atoms with Crippen LogP contribution in [0, 0.1) is 5.92 Å². The van der Waals surface area contributed by atoms with Crippen molar-refractivity contribution in [2.24, 2.45) is 5.92 Å². The monoisotopic (exact) mass is 171 g/mol. The molecule has 1 N–H and O–H groups in total. The van der Waals surface area contributed by atoms with E-state index in [0.29, 0.717) is 6.10 Å². The molecule has 0 amide bonds. The molecular formula is C9H17NO2. The highest BCUT2D eigenvalue weighted by Crippen LogP contribution is 2.14. The Labute approximate surface area is 73.4 Å². The Morgan fingerprint density at radius 2 is 2.00 bits per heavy atom. The molecule has 2 saturated heterocycles. The van der Waals surface area contributed by atoms with Crippen LogP contribution in [0.1, 0.15) is 12.8 Å². The zero-order valence-electron chi connectivity index (χ0n) is 7.42.